The molecule has 2 saturated heterocycles. The Bertz CT molecular complexity index is 630. The van der Waals surface area contributed by atoms with E-state index in [0.717, 1.165) is 24.7 Å². The summed E-state index contributed by atoms with van der Waals surface area (Å²) in [6.07, 6.45) is 7.38. The number of fused-ring (bicyclic) bond motifs is 1. The van der Waals surface area contributed by atoms with Gasteiger partial charge in [0.05, 0.1) is 0 Å². The van der Waals surface area contributed by atoms with Gasteiger partial charge in [-0.2, -0.15) is 0 Å². The normalized spacial score (nSPS) is 26.0. The van der Waals surface area contributed by atoms with E-state index in [4.69, 9.17) is 14.6 Å². The second-order valence-corrected chi connectivity index (χ2v) is 6.86. The van der Waals surface area contributed by atoms with Crippen molar-refractivity contribution in [2.24, 2.45) is 0 Å². The first-order valence-electron chi connectivity index (χ1n) is 8.77. The summed E-state index contributed by atoms with van der Waals surface area (Å²) >= 11 is 0. The third kappa shape index (κ3) is 2.62. The molecule has 2 aromatic rings. The van der Waals surface area contributed by atoms with Crippen LogP contribution in [0.5, 0.6) is 0 Å². The van der Waals surface area contributed by atoms with E-state index in [1.807, 2.05) is 0 Å². The van der Waals surface area contributed by atoms with Gasteiger partial charge in [-0.15, -0.1) is 0 Å². The first-order chi connectivity index (χ1) is 11.2. The minimum absolute atomic E-state index is 0.481. The lowest BCUT2D eigenvalue weighted by Gasteiger charge is -2.39. The fourth-order valence-corrected chi connectivity index (χ4v) is 3.83. The Balaban J connectivity index is 1.81. The van der Waals surface area contributed by atoms with Gasteiger partial charge in [0.2, 0.25) is 11.3 Å². The minimum atomic E-state index is 0.481. The third-order valence-corrected chi connectivity index (χ3v) is 5.23. The van der Waals surface area contributed by atoms with Crippen LogP contribution in [0.1, 0.15) is 52.4 Å². The van der Waals surface area contributed by atoms with Gasteiger partial charge >= 0.3 is 0 Å². The van der Waals surface area contributed by atoms with Crippen LogP contribution in [0.3, 0.4) is 0 Å². The Hall–Kier alpha value is -1.92. The molecule has 0 unspecified atom stereocenters. The lowest BCUT2D eigenvalue weighted by molar-refractivity contribution is 0.314. The van der Waals surface area contributed by atoms with Crippen molar-refractivity contribution >= 4 is 22.9 Å². The molecule has 0 radical (unpaired) electrons. The molecule has 2 aliphatic heterocycles. The van der Waals surface area contributed by atoms with Crippen molar-refractivity contribution < 1.29 is 4.63 Å². The van der Waals surface area contributed by atoms with Crippen LogP contribution in [0.25, 0.3) is 11.3 Å². The molecule has 0 aliphatic carbocycles. The highest BCUT2D eigenvalue weighted by molar-refractivity contribution is 5.75. The van der Waals surface area contributed by atoms with E-state index in [1.165, 1.54) is 38.5 Å². The maximum atomic E-state index is 4.84. The van der Waals surface area contributed by atoms with Crippen molar-refractivity contribution in [3.05, 3.63) is 0 Å². The molecule has 2 fully saturated rings. The molecule has 7 heteroatoms. The molecule has 0 saturated carbocycles. The second kappa shape index (κ2) is 5.94. The molecular formula is C16H24N6O. The lowest BCUT2D eigenvalue weighted by Crippen LogP contribution is -2.42. The summed E-state index contributed by atoms with van der Waals surface area (Å²) in [6.45, 7) is 6.61. The smallest absolute Gasteiger partial charge is 0.245 e. The molecule has 2 aromatic heterocycles. The predicted molar refractivity (Wildman–Crippen MR) is 88.7 cm³/mol. The molecule has 23 heavy (non-hydrogen) atoms. The number of aromatic nitrogens is 4. The van der Waals surface area contributed by atoms with Crippen LogP contribution in [0.4, 0.5) is 11.6 Å². The van der Waals surface area contributed by atoms with Crippen molar-refractivity contribution in [2.45, 2.75) is 64.5 Å². The summed E-state index contributed by atoms with van der Waals surface area (Å²) in [5, 5.41) is 7.80. The number of hydrogen-bond donors (Lipinski definition) is 0. The van der Waals surface area contributed by atoms with Gasteiger partial charge in [-0.05, 0) is 62.7 Å². The quantitative estimate of drug-likeness (QED) is 0.843. The average Bonchev–Trinajstić information content (AvgIpc) is 3.02. The Labute approximate surface area is 136 Å². The first-order valence-corrected chi connectivity index (χ1v) is 8.77. The fourth-order valence-electron chi connectivity index (χ4n) is 3.83. The Morgan fingerprint density at radius 1 is 0.783 bits per heavy atom. The summed E-state index contributed by atoms with van der Waals surface area (Å²) in [7, 11) is 0. The van der Waals surface area contributed by atoms with E-state index < -0.39 is 0 Å². The fraction of sp³-hybridized carbons (Fsp3) is 0.750. The number of anilines is 2. The molecule has 0 bridgehead atoms. The molecule has 0 aromatic carbocycles. The SMILES string of the molecule is C[C@H]1CCCCN1c1nc2nonc2nc1N1CCCC[C@@H]1C. The molecule has 7 nitrogen and oxygen atoms in total. The molecule has 2 atom stereocenters. The molecule has 2 aliphatic rings. The van der Waals surface area contributed by atoms with Crippen LogP contribution in [0.2, 0.25) is 0 Å². The van der Waals surface area contributed by atoms with Crippen molar-refractivity contribution in [1.82, 2.24) is 20.3 Å². The van der Waals surface area contributed by atoms with E-state index in [-0.39, 0.29) is 0 Å². The van der Waals surface area contributed by atoms with Crippen molar-refractivity contribution in [1.29, 1.82) is 0 Å². The molecule has 124 valence electrons. The zero-order valence-corrected chi connectivity index (χ0v) is 13.9. The van der Waals surface area contributed by atoms with E-state index >= 15 is 0 Å². The van der Waals surface area contributed by atoms with Gasteiger partial charge in [-0.1, -0.05) is 0 Å². The summed E-state index contributed by atoms with van der Waals surface area (Å²) in [5.74, 6) is 1.91. The van der Waals surface area contributed by atoms with Gasteiger partial charge in [0.15, 0.2) is 11.6 Å². The van der Waals surface area contributed by atoms with Crippen LogP contribution in [0, 0.1) is 0 Å². The van der Waals surface area contributed by atoms with E-state index in [0.29, 0.717) is 23.4 Å². The second-order valence-electron chi connectivity index (χ2n) is 6.86. The van der Waals surface area contributed by atoms with Gasteiger partial charge in [0.1, 0.15) is 0 Å². The number of rotatable bonds is 2. The van der Waals surface area contributed by atoms with Crippen LogP contribution in [0.15, 0.2) is 4.63 Å². The predicted octanol–water partition coefficient (Wildman–Crippen LogP) is 2.77. The summed E-state index contributed by atoms with van der Waals surface area (Å²) in [5.41, 5.74) is 1.01. The van der Waals surface area contributed by atoms with Gasteiger partial charge in [-0.25, -0.2) is 14.6 Å². The summed E-state index contributed by atoms with van der Waals surface area (Å²) in [4.78, 5) is 14.3. The van der Waals surface area contributed by atoms with Gasteiger partial charge in [-0.3, -0.25) is 0 Å². The van der Waals surface area contributed by atoms with Crippen molar-refractivity contribution in [2.75, 3.05) is 22.9 Å². The molecule has 0 N–H and O–H groups in total. The number of piperidine rings is 2. The lowest BCUT2D eigenvalue weighted by atomic mass is 10.0. The number of hydrogen-bond acceptors (Lipinski definition) is 7. The van der Waals surface area contributed by atoms with E-state index in [1.54, 1.807) is 0 Å². The summed E-state index contributed by atoms with van der Waals surface area (Å²) in [6, 6.07) is 0.961. The molecule has 0 amide bonds. The highest BCUT2D eigenvalue weighted by atomic mass is 16.6. The van der Waals surface area contributed by atoms with E-state index in [2.05, 4.69) is 34.0 Å². The zero-order valence-electron chi connectivity index (χ0n) is 13.9. The monoisotopic (exact) mass is 316 g/mol. The molecular weight excluding hydrogens is 292 g/mol. The summed E-state index contributed by atoms with van der Waals surface area (Å²) < 4.78 is 4.84. The van der Waals surface area contributed by atoms with Crippen molar-refractivity contribution in [3.8, 4) is 0 Å². The Kier molecular flexibility index (Phi) is 3.79. The van der Waals surface area contributed by atoms with Crippen LogP contribution < -0.4 is 9.80 Å². The Morgan fingerprint density at radius 2 is 1.26 bits per heavy atom. The van der Waals surface area contributed by atoms with Gasteiger partial charge in [0.25, 0.3) is 0 Å². The molecule has 4 rings (SSSR count). The maximum absolute atomic E-state index is 4.84. The van der Waals surface area contributed by atoms with Crippen molar-refractivity contribution in [3.63, 3.8) is 0 Å². The topological polar surface area (TPSA) is 71.2 Å². The first kappa shape index (κ1) is 14.7. The highest BCUT2D eigenvalue weighted by Crippen LogP contribution is 2.34. The molecule has 0 spiro atoms. The largest absolute Gasteiger partial charge is 0.351 e. The van der Waals surface area contributed by atoms with Crippen LogP contribution in [-0.2, 0) is 0 Å². The highest BCUT2D eigenvalue weighted by Gasteiger charge is 2.30. The third-order valence-electron chi connectivity index (χ3n) is 5.23. The minimum Gasteiger partial charge on any atom is -0.351 e. The maximum Gasteiger partial charge on any atom is 0.245 e. The van der Waals surface area contributed by atoms with Crippen LogP contribution >= 0.6 is 0 Å². The van der Waals surface area contributed by atoms with Gasteiger partial charge in [0, 0.05) is 25.2 Å². The average molecular weight is 316 g/mol. The Morgan fingerprint density at radius 3 is 1.70 bits per heavy atom. The standard InChI is InChI=1S/C16H24N6O/c1-11-7-3-5-9-21(11)15-16(22-10-6-4-8-12(22)2)18-14-13(17-15)19-23-20-14/h11-12H,3-10H2,1-2H3/t11-,12-/m0/s1. The number of nitrogens with zero attached hydrogens (tertiary/aromatic N) is 6. The van der Waals surface area contributed by atoms with E-state index in [9.17, 15) is 0 Å². The van der Waals surface area contributed by atoms with Gasteiger partial charge < -0.3 is 9.80 Å². The zero-order chi connectivity index (χ0) is 15.8. The van der Waals surface area contributed by atoms with Crippen LogP contribution in [-0.4, -0.2) is 45.5 Å². The molecule has 4 heterocycles.